The van der Waals surface area contributed by atoms with Crippen LogP contribution in [-0.4, -0.2) is 56.1 Å². The number of ketones is 1. The van der Waals surface area contributed by atoms with Crippen LogP contribution in [0.4, 0.5) is 20.2 Å². The molecule has 0 aliphatic carbocycles. The lowest BCUT2D eigenvalue weighted by atomic mass is 10.0. The first-order valence-corrected chi connectivity index (χ1v) is 12.4. The number of anilines is 2. The van der Waals surface area contributed by atoms with Crippen LogP contribution in [0.15, 0.2) is 30.6 Å². The summed E-state index contributed by atoms with van der Waals surface area (Å²) in [5.74, 6) is -3.42. The zero-order valence-corrected chi connectivity index (χ0v) is 18.9. The summed E-state index contributed by atoms with van der Waals surface area (Å²) in [5, 5.41) is 3.69. The lowest BCUT2D eigenvalue weighted by Crippen LogP contribution is -2.43. The van der Waals surface area contributed by atoms with Gasteiger partial charge in [-0.05, 0) is 24.6 Å². The van der Waals surface area contributed by atoms with Crippen LogP contribution in [0.25, 0.3) is 11.0 Å². The lowest BCUT2D eigenvalue weighted by Gasteiger charge is -2.29. The van der Waals surface area contributed by atoms with Gasteiger partial charge in [-0.25, -0.2) is 22.2 Å². The number of piperazine rings is 1. The summed E-state index contributed by atoms with van der Waals surface area (Å²) in [5.41, 5.74) is -0.0155. The van der Waals surface area contributed by atoms with E-state index in [-0.39, 0.29) is 11.3 Å². The molecule has 8 nitrogen and oxygen atoms in total. The number of pyridine rings is 1. The minimum Gasteiger partial charge on any atom is -0.368 e. The largest absolute Gasteiger partial charge is 0.368 e. The summed E-state index contributed by atoms with van der Waals surface area (Å²) in [6.07, 6.45) is 4.08. The third kappa shape index (κ3) is 4.83. The van der Waals surface area contributed by atoms with Crippen molar-refractivity contribution in [3.05, 3.63) is 53.4 Å². The molecular weight excluding hydrogens is 452 g/mol. The Hall–Kier alpha value is -3.05. The predicted molar refractivity (Wildman–Crippen MR) is 123 cm³/mol. The maximum Gasteiger partial charge on any atom is 0.232 e. The van der Waals surface area contributed by atoms with Gasteiger partial charge in [0.1, 0.15) is 11.5 Å². The molecule has 176 valence electrons. The van der Waals surface area contributed by atoms with Crippen molar-refractivity contribution in [3.8, 4) is 0 Å². The molecule has 1 aliphatic rings. The molecule has 1 saturated heterocycles. The number of sulfonamides is 1. The van der Waals surface area contributed by atoms with Crippen LogP contribution in [-0.2, 0) is 10.0 Å². The van der Waals surface area contributed by atoms with Crippen molar-refractivity contribution in [2.75, 3.05) is 41.6 Å². The van der Waals surface area contributed by atoms with Crippen molar-refractivity contribution in [2.45, 2.75) is 19.8 Å². The minimum absolute atomic E-state index is 0.0540. The van der Waals surface area contributed by atoms with Crippen LogP contribution in [0, 0.1) is 11.6 Å². The first kappa shape index (κ1) is 23.1. The second-order valence-electron chi connectivity index (χ2n) is 7.92. The topological polar surface area (TPSA) is 107 Å². The average Bonchev–Trinajstić information content (AvgIpc) is 3.23. The molecule has 11 heteroatoms. The Morgan fingerprint density at radius 3 is 2.73 bits per heavy atom. The average molecular weight is 478 g/mol. The molecule has 3 aromatic rings. The molecule has 0 radical (unpaired) electrons. The van der Waals surface area contributed by atoms with Crippen LogP contribution < -0.4 is 14.9 Å². The molecule has 0 amide bonds. The van der Waals surface area contributed by atoms with Crippen molar-refractivity contribution >= 4 is 38.2 Å². The number of hydrogen-bond acceptors (Lipinski definition) is 6. The summed E-state index contributed by atoms with van der Waals surface area (Å²) in [6, 6.07) is 3.63. The molecule has 0 bridgehead atoms. The number of hydrogen-bond donors (Lipinski definition) is 3. The number of nitrogens with zero attached hydrogens (tertiary/aromatic N) is 2. The highest BCUT2D eigenvalue weighted by atomic mass is 32.2. The van der Waals surface area contributed by atoms with Gasteiger partial charge in [-0.2, -0.15) is 0 Å². The van der Waals surface area contributed by atoms with E-state index in [9.17, 15) is 17.6 Å². The second kappa shape index (κ2) is 9.44. The Bertz CT molecular complexity index is 1290. The monoisotopic (exact) mass is 477 g/mol. The summed E-state index contributed by atoms with van der Waals surface area (Å²) < 4.78 is 56.3. The summed E-state index contributed by atoms with van der Waals surface area (Å²) in [6.45, 7) is 4.99. The van der Waals surface area contributed by atoms with Gasteiger partial charge in [0.05, 0.1) is 28.9 Å². The maximum absolute atomic E-state index is 15.2. The molecule has 1 aliphatic heterocycles. The first-order valence-electron chi connectivity index (χ1n) is 10.8. The molecule has 3 heterocycles. The number of carbonyl (C=O) groups is 1. The highest BCUT2D eigenvalue weighted by molar-refractivity contribution is 7.92. The third-order valence-electron chi connectivity index (χ3n) is 5.59. The Labute approximate surface area is 190 Å². The summed E-state index contributed by atoms with van der Waals surface area (Å²) in [4.78, 5) is 22.5. The minimum atomic E-state index is -3.83. The fourth-order valence-electron chi connectivity index (χ4n) is 3.80. The Kier molecular flexibility index (Phi) is 6.61. The second-order valence-corrected chi connectivity index (χ2v) is 9.76. The molecule has 1 aromatic carbocycles. The number of unbranched alkanes of at least 4 members (excludes halogenated alkanes) is 1. The van der Waals surface area contributed by atoms with E-state index in [1.54, 1.807) is 12.3 Å². The molecule has 4 rings (SSSR count). The highest BCUT2D eigenvalue weighted by Gasteiger charge is 2.26. The summed E-state index contributed by atoms with van der Waals surface area (Å²) in [7, 11) is -3.83. The van der Waals surface area contributed by atoms with Crippen LogP contribution in [0.3, 0.4) is 0 Å². The standard InChI is InChI=1S/C22H25F2N5O3S/c1-2-3-10-33(31,32)28-18-5-4-17(23)19(20(18)24)21(30)16-13-27-22-15(16)11-14(12-26-22)29-8-6-25-7-9-29/h4-5,11-13,25,28H,2-3,6-10H2,1H3,(H,26,27). The smallest absolute Gasteiger partial charge is 0.232 e. The van der Waals surface area contributed by atoms with E-state index in [1.165, 1.54) is 6.20 Å². The van der Waals surface area contributed by atoms with Gasteiger partial charge in [-0.3, -0.25) is 9.52 Å². The van der Waals surface area contributed by atoms with Crippen molar-refractivity contribution < 1.29 is 22.0 Å². The molecule has 0 unspecified atom stereocenters. The number of aromatic amines is 1. The normalized spacial score (nSPS) is 14.6. The molecule has 33 heavy (non-hydrogen) atoms. The van der Waals surface area contributed by atoms with Gasteiger partial charge < -0.3 is 15.2 Å². The van der Waals surface area contributed by atoms with E-state index in [0.29, 0.717) is 23.9 Å². The van der Waals surface area contributed by atoms with Gasteiger partial charge in [0.2, 0.25) is 15.8 Å². The number of aromatic nitrogens is 2. The van der Waals surface area contributed by atoms with Crippen molar-refractivity contribution in [2.24, 2.45) is 0 Å². The van der Waals surface area contributed by atoms with Gasteiger partial charge in [0.15, 0.2) is 5.82 Å². The van der Waals surface area contributed by atoms with Gasteiger partial charge in [-0.1, -0.05) is 13.3 Å². The molecule has 1 fully saturated rings. The van der Waals surface area contributed by atoms with Crippen molar-refractivity contribution in [3.63, 3.8) is 0 Å². The molecular formula is C22H25F2N5O3S. The third-order valence-corrected chi connectivity index (χ3v) is 6.95. The maximum atomic E-state index is 15.2. The number of fused-ring (bicyclic) bond motifs is 1. The van der Waals surface area contributed by atoms with E-state index in [2.05, 4.69) is 24.9 Å². The zero-order valence-electron chi connectivity index (χ0n) is 18.1. The lowest BCUT2D eigenvalue weighted by molar-refractivity contribution is 0.103. The van der Waals surface area contributed by atoms with Crippen LogP contribution in [0.5, 0.6) is 0 Å². The first-order chi connectivity index (χ1) is 15.8. The number of halogens is 2. The highest BCUT2D eigenvalue weighted by Crippen LogP contribution is 2.29. The van der Waals surface area contributed by atoms with Gasteiger partial charge in [0.25, 0.3) is 0 Å². The van der Waals surface area contributed by atoms with Crippen LogP contribution >= 0.6 is 0 Å². The fourth-order valence-corrected chi connectivity index (χ4v) is 5.07. The van der Waals surface area contributed by atoms with E-state index in [4.69, 9.17) is 0 Å². The summed E-state index contributed by atoms with van der Waals surface area (Å²) >= 11 is 0. The van der Waals surface area contributed by atoms with Crippen molar-refractivity contribution in [1.29, 1.82) is 0 Å². The predicted octanol–water partition coefficient (Wildman–Crippen LogP) is 3.02. The molecule has 0 saturated carbocycles. The number of benzene rings is 1. The van der Waals surface area contributed by atoms with Crippen molar-refractivity contribution in [1.82, 2.24) is 15.3 Å². The van der Waals surface area contributed by atoms with E-state index < -0.39 is 38.7 Å². The van der Waals surface area contributed by atoms with E-state index in [1.807, 2.05) is 6.92 Å². The number of rotatable bonds is 8. The van der Waals surface area contributed by atoms with Gasteiger partial charge in [-0.15, -0.1) is 0 Å². The molecule has 0 spiro atoms. The molecule has 3 N–H and O–H groups in total. The van der Waals surface area contributed by atoms with E-state index >= 15 is 4.39 Å². The Morgan fingerprint density at radius 2 is 2.00 bits per heavy atom. The SMILES string of the molecule is CCCCS(=O)(=O)Nc1ccc(F)c(C(=O)c2c[nH]c3ncc(N4CCNCC4)cc23)c1F. The van der Waals surface area contributed by atoms with Crippen LogP contribution in [0.1, 0.15) is 35.7 Å². The molecule has 2 aromatic heterocycles. The fraction of sp³-hybridized carbons (Fsp3) is 0.364. The number of carbonyl (C=O) groups excluding carboxylic acids is 1. The van der Waals surface area contributed by atoms with Gasteiger partial charge in [0, 0.05) is 43.3 Å². The quantitative estimate of drug-likeness (QED) is 0.431. The molecule has 0 atom stereocenters. The van der Waals surface area contributed by atoms with Crippen LogP contribution in [0.2, 0.25) is 0 Å². The van der Waals surface area contributed by atoms with Gasteiger partial charge >= 0.3 is 0 Å². The zero-order chi connectivity index (χ0) is 23.6. The Morgan fingerprint density at radius 1 is 1.24 bits per heavy atom. The number of H-pyrrole nitrogens is 1. The number of nitrogens with one attached hydrogen (secondary N) is 3. The van der Waals surface area contributed by atoms with E-state index in [0.717, 1.165) is 44.0 Å². The Balaban J connectivity index is 1.70.